The monoisotopic (exact) mass is 191 g/mol. The number of carboxylic acids is 1. The highest BCUT2D eigenvalue weighted by Gasteiger charge is 2.09. The van der Waals surface area contributed by atoms with Crippen molar-refractivity contribution in [1.82, 2.24) is 0 Å². The normalized spacial score (nSPS) is 11.4. The first-order chi connectivity index (χ1) is 6.09. The quantitative estimate of drug-likeness (QED) is 0.437. The fourth-order valence-corrected chi connectivity index (χ4v) is 0.632. The molecule has 5 heteroatoms. The van der Waals surface area contributed by atoms with Gasteiger partial charge in [-0.05, 0) is 25.9 Å². The molecule has 13 heavy (non-hydrogen) atoms. The Morgan fingerprint density at radius 2 is 1.85 bits per heavy atom. The highest BCUT2D eigenvalue weighted by molar-refractivity contribution is 5.72. The molecule has 0 aliphatic rings. The van der Waals surface area contributed by atoms with Gasteiger partial charge in [0.2, 0.25) is 0 Å². The molecule has 0 aliphatic carbocycles. The van der Waals surface area contributed by atoms with E-state index in [-0.39, 0.29) is 0 Å². The van der Waals surface area contributed by atoms with Gasteiger partial charge in [0.05, 0.1) is 0 Å². The second-order valence-electron chi connectivity index (χ2n) is 2.64. The average molecular weight is 191 g/mol. The summed E-state index contributed by atoms with van der Waals surface area (Å²) in [6.45, 7) is 3.26. The summed E-state index contributed by atoms with van der Waals surface area (Å²) in [6.07, 6.45) is 2.16. The molecule has 0 amide bonds. The lowest BCUT2D eigenvalue weighted by molar-refractivity contribution is -0.138. The Labute approximate surface area is 79.3 Å². The van der Waals surface area contributed by atoms with Gasteiger partial charge in [0, 0.05) is 0 Å². The van der Waals surface area contributed by atoms with E-state index in [9.17, 15) is 4.79 Å². The second-order valence-corrected chi connectivity index (χ2v) is 2.64. The maximum Gasteiger partial charge on any atom is 0.320 e. The van der Waals surface area contributed by atoms with Crippen molar-refractivity contribution in [2.24, 2.45) is 17.2 Å². The molecular formula is C8H21N3O2. The van der Waals surface area contributed by atoms with E-state index in [1.165, 1.54) is 0 Å². The first kappa shape index (κ1) is 14.9. The standard InChI is InChI=1S/C6H14N2O2.C2H7N/c7-4-2-1-3-5(8)6(9)10;1-2-3/h5H,1-4,7-8H2,(H,9,10);2-3H2,1H3/t5-;/m0./s1. The molecule has 0 fully saturated rings. The molecule has 1 atom stereocenters. The van der Waals surface area contributed by atoms with Gasteiger partial charge in [-0.3, -0.25) is 4.79 Å². The SMILES string of the molecule is CCN.NCCCC[C@H](N)C(=O)O. The van der Waals surface area contributed by atoms with E-state index in [2.05, 4.69) is 0 Å². The molecule has 5 nitrogen and oxygen atoms in total. The van der Waals surface area contributed by atoms with Crippen molar-refractivity contribution < 1.29 is 9.90 Å². The molecule has 0 rings (SSSR count). The van der Waals surface area contributed by atoms with Crippen molar-refractivity contribution in [3.63, 3.8) is 0 Å². The zero-order chi connectivity index (χ0) is 10.7. The van der Waals surface area contributed by atoms with Gasteiger partial charge in [0.25, 0.3) is 0 Å². The molecular weight excluding hydrogens is 170 g/mol. The van der Waals surface area contributed by atoms with E-state index >= 15 is 0 Å². The number of carboxylic acid groups (broad SMARTS) is 1. The molecule has 0 radical (unpaired) electrons. The van der Waals surface area contributed by atoms with Crippen molar-refractivity contribution in [3.8, 4) is 0 Å². The Morgan fingerprint density at radius 3 is 2.15 bits per heavy atom. The van der Waals surface area contributed by atoms with E-state index in [0.29, 0.717) is 13.0 Å². The molecule has 0 aliphatic heterocycles. The Kier molecular flexibility index (Phi) is 13.0. The van der Waals surface area contributed by atoms with Crippen molar-refractivity contribution in [2.75, 3.05) is 13.1 Å². The van der Waals surface area contributed by atoms with E-state index in [0.717, 1.165) is 19.4 Å². The van der Waals surface area contributed by atoms with Crippen molar-refractivity contribution in [2.45, 2.75) is 32.2 Å². The van der Waals surface area contributed by atoms with Crippen LogP contribution < -0.4 is 17.2 Å². The van der Waals surface area contributed by atoms with Gasteiger partial charge in [0.15, 0.2) is 0 Å². The van der Waals surface area contributed by atoms with Gasteiger partial charge < -0.3 is 22.3 Å². The van der Waals surface area contributed by atoms with Crippen LogP contribution in [0.5, 0.6) is 0 Å². The lowest BCUT2D eigenvalue weighted by atomic mass is 10.1. The number of hydrogen-bond donors (Lipinski definition) is 4. The predicted molar refractivity (Wildman–Crippen MR) is 53.2 cm³/mol. The lowest BCUT2D eigenvalue weighted by Crippen LogP contribution is -2.29. The lowest BCUT2D eigenvalue weighted by Gasteiger charge is -2.03. The number of hydrogen-bond acceptors (Lipinski definition) is 4. The van der Waals surface area contributed by atoms with E-state index in [1.807, 2.05) is 6.92 Å². The van der Waals surface area contributed by atoms with Crippen LogP contribution in [0.3, 0.4) is 0 Å². The Bertz CT molecular complexity index is 120. The molecule has 0 aromatic rings. The van der Waals surface area contributed by atoms with Crippen LogP contribution in [0.15, 0.2) is 0 Å². The van der Waals surface area contributed by atoms with Crippen LogP contribution in [0.4, 0.5) is 0 Å². The number of carbonyl (C=O) groups is 1. The summed E-state index contributed by atoms with van der Waals surface area (Å²) in [4.78, 5) is 10.1. The molecule has 80 valence electrons. The number of aliphatic carboxylic acids is 1. The molecule has 0 spiro atoms. The molecule has 0 aromatic carbocycles. The third kappa shape index (κ3) is 14.2. The molecule has 0 unspecified atom stereocenters. The zero-order valence-electron chi connectivity index (χ0n) is 8.20. The highest BCUT2D eigenvalue weighted by Crippen LogP contribution is 1.96. The topological polar surface area (TPSA) is 115 Å². The van der Waals surface area contributed by atoms with E-state index < -0.39 is 12.0 Å². The summed E-state index contributed by atoms with van der Waals surface area (Å²) < 4.78 is 0. The zero-order valence-corrected chi connectivity index (χ0v) is 8.20. The van der Waals surface area contributed by atoms with E-state index in [1.54, 1.807) is 0 Å². The van der Waals surface area contributed by atoms with Gasteiger partial charge in [-0.1, -0.05) is 13.3 Å². The van der Waals surface area contributed by atoms with Gasteiger partial charge in [-0.25, -0.2) is 0 Å². The summed E-state index contributed by atoms with van der Waals surface area (Å²) in [5.41, 5.74) is 15.3. The fraction of sp³-hybridized carbons (Fsp3) is 0.875. The summed E-state index contributed by atoms with van der Waals surface area (Å²) in [7, 11) is 0. The van der Waals surface area contributed by atoms with Crippen LogP contribution in [0.1, 0.15) is 26.2 Å². The van der Waals surface area contributed by atoms with E-state index in [4.69, 9.17) is 22.3 Å². The van der Waals surface area contributed by atoms with Crippen LogP contribution in [0.2, 0.25) is 0 Å². The molecule has 0 aromatic heterocycles. The fourth-order valence-electron chi connectivity index (χ4n) is 0.632. The minimum absolute atomic E-state index is 0.520. The van der Waals surface area contributed by atoms with Crippen LogP contribution >= 0.6 is 0 Å². The third-order valence-electron chi connectivity index (χ3n) is 1.29. The van der Waals surface area contributed by atoms with Crippen LogP contribution in [-0.4, -0.2) is 30.2 Å². The Hall–Kier alpha value is -0.650. The maximum absolute atomic E-state index is 10.1. The molecule has 0 bridgehead atoms. The third-order valence-corrected chi connectivity index (χ3v) is 1.29. The molecule has 0 heterocycles. The Balaban J connectivity index is 0. The summed E-state index contributed by atoms with van der Waals surface area (Å²) >= 11 is 0. The minimum Gasteiger partial charge on any atom is -0.480 e. The predicted octanol–water partition coefficient (Wildman–Crippen LogP) is -0.508. The first-order valence-electron chi connectivity index (χ1n) is 4.48. The van der Waals surface area contributed by atoms with Crippen LogP contribution in [0, 0.1) is 0 Å². The van der Waals surface area contributed by atoms with Crippen LogP contribution in [-0.2, 0) is 4.79 Å². The largest absolute Gasteiger partial charge is 0.480 e. The number of nitrogens with two attached hydrogens (primary N) is 3. The van der Waals surface area contributed by atoms with Gasteiger partial charge in [0.1, 0.15) is 6.04 Å². The molecule has 0 saturated carbocycles. The van der Waals surface area contributed by atoms with Gasteiger partial charge >= 0.3 is 5.97 Å². The average Bonchev–Trinajstić information content (AvgIpc) is 2.06. The summed E-state index contributed by atoms with van der Waals surface area (Å²) in [5, 5.41) is 8.33. The Morgan fingerprint density at radius 1 is 1.38 bits per heavy atom. The summed E-state index contributed by atoms with van der Waals surface area (Å²) in [6, 6.07) is -0.716. The second kappa shape index (κ2) is 11.4. The van der Waals surface area contributed by atoms with Crippen LogP contribution in [0.25, 0.3) is 0 Å². The van der Waals surface area contributed by atoms with Crippen molar-refractivity contribution in [1.29, 1.82) is 0 Å². The van der Waals surface area contributed by atoms with Crippen molar-refractivity contribution >= 4 is 5.97 Å². The summed E-state index contributed by atoms with van der Waals surface area (Å²) in [5.74, 6) is -0.933. The maximum atomic E-state index is 10.1. The molecule has 0 saturated heterocycles. The smallest absolute Gasteiger partial charge is 0.320 e. The van der Waals surface area contributed by atoms with Gasteiger partial charge in [-0.15, -0.1) is 0 Å². The van der Waals surface area contributed by atoms with Crippen molar-refractivity contribution in [3.05, 3.63) is 0 Å². The first-order valence-corrected chi connectivity index (χ1v) is 4.48. The number of unbranched alkanes of at least 4 members (excludes halogenated alkanes) is 1. The number of rotatable bonds is 5. The molecule has 7 N–H and O–H groups in total. The minimum atomic E-state index is -0.933. The van der Waals surface area contributed by atoms with Gasteiger partial charge in [-0.2, -0.15) is 0 Å². The highest BCUT2D eigenvalue weighted by atomic mass is 16.4.